The molecule has 2 heterocycles. The minimum absolute atomic E-state index is 0.232. The van der Waals surface area contributed by atoms with Gasteiger partial charge in [0.25, 0.3) is 10.0 Å². The van der Waals surface area contributed by atoms with Crippen molar-refractivity contribution in [2.24, 2.45) is 5.92 Å². The number of nitrogens with zero attached hydrogens (tertiary/aromatic N) is 4. The summed E-state index contributed by atoms with van der Waals surface area (Å²) in [4.78, 5) is 0. The Labute approximate surface area is 144 Å². The van der Waals surface area contributed by atoms with Crippen molar-refractivity contribution >= 4 is 15.7 Å². The highest BCUT2D eigenvalue weighted by Crippen LogP contribution is 2.35. The normalized spacial score (nSPS) is 21.0. The molecule has 3 rings (SSSR count). The van der Waals surface area contributed by atoms with Crippen LogP contribution in [0, 0.1) is 5.92 Å². The van der Waals surface area contributed by atoms with Gasteiger partial charge in [0.1, 0.15) is 0 Å². The van der Waals surface area contributed by atoms with Crippen molar-refractivity contribution in [3.63, 3.8) is 0 Å². The van der Waals surface area contributed by atoms with Gasteiger partial charge in [0.05, 0.1) is 36.5 Å². The maximum Gasteiger partial charge on any atom is 0.415 e. The number of alkyl halides is 3. The van der Waals surface area contributed by atoms with E-state index >= 15 is 0 Å². The fourth-order valence-corrected chi connectivity index (χ4v) is 3.88. The molecule has 25 heavy (non-hydrogen) atoms. The van der Waals surface area contributed by atoms with E-state index in [9.17, 15) is 21.6 Å². The average molecular weight is 378 g/mol. The van der Waals surface area contributed by atoms with Gasteiger partial charge in [-0.15, -0.1) is 0 Å². The van der Waals surface area contributed by atoms with Crippen molar-refractivity contribution < 1.29 is 21.6 Å². The first kappa shape index (κ1) is 18.2. The molecular weight excluding hydrogens is 357 g/mol. The molecule has 140 valence electrons. The van der Waals surface area contributed by atoms with E-state index in [1.54, 1.807) is 5.01 Å². The van der Waals surface area contributed by atoms with Crippen LogP contribution in [0.15, 0.2) is 24.2 Å². The fraction of sp³-hybridized carbons (Fsp3) is 0.667. The van der Waals surface area contributed by atoms with Crippen LogP contribution in [0.1, 0.15) is 32.1 Å². The summed E-state index contributed by atoms with van der Waals surface area (Å²) in [6, 6.07) is 0. The van der Waals surface area contributed by atoms with Gasteiger partial charge in [0.2, 0.25) is 0 Å². The predicted molar refractivity (Wildman–Crippen MR) is 87.2 cm³/mol. The minimum atomic E-state index is -4.41. The van der Waals surface area contributed by atoms with Crippen LogP contribution < -0.4 is 5.01 Å². The minimum Gasteiger partial charge on any atom is -0.278 e. The molecule has 0 spiro atoms. The molecule has 0 bridgehead atoms. The van der Waals surface area contributed by atoms with E-state index in [1.807, 2.05) is 0 Å². The quantitative estimate of drug-likeness (QED) is 0.806. The molecule has 0 atom stereocenters. The number of hydrogen-bond donors (Lipinski definition) is 0. The molecule has 1 saturated carbocycles. The lowest BCUT2D eigenvalue weighted by Gasteiger charge is -2.32. The smallest absolute Gasteiger partial charge is 0.278 e. The zero-order valence-electron chi connectivity index (χ0n) is 13.9. The lowest BCUT2D eigenvalue weighted by Crippen LogP contribution is -2.39. The lowest BCUT2D eigenvalue weighted by atomic mass is 9.89. The largest absolute Gasteiger partial charge is 0.415 e. The Morgan fingerprint density at radius 3 is 2.48 bits per heavy atom. The fourth-order valence-electron chi connectivity index (χ4n) is 3.36. The van der Waals surface area contributed by atoms with E-state index in [0.717, 1.165) is 42.2 Å². The van der Waals surface area contributed by atoms with Gasteiger partial charge in [-0.05, 0) is 18.8 Å². The third-order valence-corrected chi connectivity index (χ3v) is 5.52. The molecule has 10 heteroatoms. The van der Waals surface area contributed by atoms with E-state index in [1.165, 1.54) is 23.8 Å². The molecule has 1 aliphatic heterocycles. The summed E-state index contributed by atoms with van der Waals surface area (Å²) < 4.78 is 63.3. The van der Waals surface area contributed by atoms with Crippen LogP contribution in [-0.2, 0) is 10.0 Å². The predicted octanol–water partition coefficient (Wildman–Crippen LogP) is 2.75. The van der Waals surface area contributed by atoms with Gasteiger partial charge in [-0.1, -0.05) is 19.3 Å². The monoisotopic (exact) mass is 378 g/mol. The highest BCUT2D eigenvalue weighted by Gasteiger charge is 2.41. The molecule has 0 saturated heterocycles. The Hall–Kier alpha value is -1.55. The SMILES string of the molecule is CS(=O)(=O)n1cc(N2C=C(C(F)(F)F)CN2CC2CCCCC2)cn1. The zero-order chi connectivity index (χ0) is 18.2. The Balaban J connectivity index is 1.85. The first-order chi connectivity index (χ1) is 11.6. The molecule has 1 aromatic rings. The number of anilines is 1. The van der Waals surface area contributed by atoms with Gasteiger partial charge in [-0.3, -0.25) is 5.01 Å². The average Bonchev–Trinajstić information content (AvgIpc) is 3.13. The maximum atomic E-state index is 13.2. The number of hydrazine groups is 1. The molecule has 2 aliphatic rings. The summed E-state index contributed by atoms with van der Waals surface area (Å²) in [6.07, 6.45) is 5.51. The van der Waals surface area contributed by atoms with Gasteiger partial charge in [-0.25, -0.2) is 13.4 Å². The molecule has 0 aromatic carbocycles. The highest BCUT2D eigenvalue weighted by atomic mass is 32.2. The standard InChI is InChI=1S/C15H21F3N4O2S/c1-25(23,24)22-11-14(7-19-22)21-10-13(15(16,17)18)9-20(21)8-12-5-3-2-4-6-12/h7,10-12H,2-6,8-9H2,1H3. The molecule has 1 aromatic heterocycles. The number of hydrogen-bond acceptors (Lipinski definition) is 5. The topological polar surface area (TPSA) is 58.4 Å². The third kappa shape index (κ3) is 4.17. The van der Waals surface area contributed by atoms with Crippen molar-refractivity contribution in [3.05, 3.63) is 24.2 Å². The van der Waals surface area contributed by atoms with E-state index < -0.39 is 21.8 Å². The Bertz CT molecular complexity index is 751. The van der Waals surface area contributed by atoms with Crippen LogP contribution in [0.5, 0.6) is 0 Å². The molecule has 6 nitrogen and oxygen atoms in total. The summed E-state index contributed by atoms with van der Waals surface area (Å²) in [5.74, 6) is 0.349. The first-order valence-corrected chi connectivity index (χ1v) is 10.1. The van der Waals surface area contributed by atoms with Crippen LogP contribution in [-0.4, -0.2) is 48.1 Å². The van der Waals surface area contributed by atoms with Gasteiger partial charge >= 0.3 is 6.18 Å². The summed E-state index contributed by atoms with van der Waals surface area (Å²) >= 11 is 0. The second-order valence-corrected chi connectivity index (χ2v) is 8.52. The summed E-state index contributed by atoms with van der Waals surface area (Å²) in [5.41, 5.74) is -0.337. The van der Waals surface area contributed by atoms with Crippen LogP contribution in [0.25, 0.3) is 0 Å². The Kier molecular flexibility index (Phi) is 4.84. The van der Waals surface area contributed by atoms with Crippen LogP contribution in [0.4, 0.5) is 18.9 Å². The van der Waals surface area contributed by atoms with E-state index in [0.29, 0.717) is 18.2 Å². The first-order valence-electron chi connectivity index (χ1n) is 8.22. The molecule has 0 amide bonds. The van der Waals surface area contributed by atoms with Gasteiger partial charge in [-0.2, -0.15) is 22.4 Å². The number of rotatable bonds is 4. The Morgan fingerprint density at radius 1 is 1.24 bits per heavy atom. The molecule has 1 fully saturated rings. The highest BCUT2D eigenvalue weighted by molar-refractivity contribution is 7.89. The van der Waals surface area contributed by atoms with Gasteiger partial charge in [0.15, 0.2) is 0 Å². The summed E-state index contributed by atoms with van der Waals surface area (Å²) in [7, 11) is -3.58. The molecule has 1 aliphatic carbocycles. The van der Waals surface area contributed by atoms with Crippen LogP contribution in [0.3, 0.4) is 0 Å². The van der Waals surface area contributed by atoms with Crippen molar-refractivity contribution in [2.75, 3.05) is 24.4 Å². The molecule has 0 N–H and O–H groups in total. The van der Waals surface area contributed by atoms with Crippen molar-refractivity contribution in [1.82, 2.24) is 14.2 Å². The lowest BCUT2D eigenvalue weighted by molar-refractivity contribution is -0.0937. The van der Waals surface area contributed by atoms with Crippen molar-refractivity contribution in [1.29, 1.82) is 0 Å². The molecule has 0 unspecified atom stereocenters. The van der Waals surface area contributed by atoms with E-state index in [-0.39, 0.29) is 6.54 Å². The van der Waals surface area contributed by atoms with E-state index in [2.05, 4.69) is 5.10 Å². The van der Waals surface area contributed by atoms with Crippen LogP contribution >= 0.6 is 0 Å². The van der Waals surface area contributed by atoms with Crippen LogP contribution in [0.2, 0.25) is 0 Å². The molecular formula is C15H21F3N4O2S. The Morgan fingerprint density at radius 2 is 1.92 bits per heavy atom. The second kappa shape index (κ2) is 6.64. The van der Waals surface area contributed by atoms with Gasteiger partial charge < -0.3 is 0 Å². The maximum absolute atomic E-state index is 13.2. The van der Waals surface area contributed by atoms with Crippen molar-refractivity contribution in [2.45, 2.75) is 38.3 Å². The summed E-state index contributed by atoms with van der Waals surface area (Å²) in [5, 5.41) is 6.76. The molecule has 0 radical (unpaired) electrons. The summed E-state index contributed by atoms with van der Waals surface area (Å²) in [6.45, 7) is 0.282. The number of aromatic nitrogens is 2. The third-order valence-electron chi connectivity index (χ3n) is 4.64. The van der Waals surface area contributed by atoms with Crippen molar-refractivity contribution in [3.8, 4) is 0 Å². The number of halogens is 3. The second-order valence-electron chi connectivity index (χ2n) is 6.68. The van der Waals surface area contributed by atoms with E-state index in [4.69, 9.17) is 0 Å². The zero-order valence-corrected chi connectivity index (χ0v) is 14.7. The van der Waals surface area contributed by atoms with Gasteiger partial charge in [0, 0.05) is 12.7 Å².